The van der Waals surface area contributed by atoms with Crippen LogP contribution in [0.1, 0.15) is 16.8 Å². The molecule has 0 fully saturated rings. The molecule has 0 radical (unpaired) electrons. The van der Waals surface area contributed by atoms with Gasteiger partial charge in [0.15, 0.2) is 0 Å². The van der Waals surface area contributed by atoms with E-state index in [1.807, 2.05) is 12.1 Å². The molecule has 1 aromatic carbocycles. The number of aromatic nitrogens is 2. The summed E-state index contributed by atoms with van der Waals surface area (Å²) < 4.78 is 5.16. The van der Waals surface area contributed by atoms with Crippen LogP contribution in [-0.4, -0.2) is 10.1 Å². The average Bonchev–Trinajstić information content (AvgIpc) is 2.88. The van der Waals surface area contributed by atoms with Crippen LogP contribution < -0.4 is 5.73 Å². The van der Waals surface area contributed by atoms with Crippen molar-refractivity contribution in [2.45, 2.75) is 19.8 Å². The van der Waals surface area contributed by atoms with Gasteiger partial charge in [-0.2, -0.15) is 0 Å². The Bertz CT molecular complexity index is 718. The molecule has 0 aliphatic carbocycles. The second-order valence-electron chi connectivity index (χ2n) is 5.09. The molecule has 0 amide bonds. The predicted octanol–water partition coefficient (Wildman–Crippen LogP) is 3.41. The molecule has 2 aromatic heterocycles. The molecule has 0 atom stereocenters. The maximum absolute atomic E-state index is 5.91. The zero-order chi connectivity index (χ0) is 14.7. The van der Waals surface area contributed by atoms with Gasteiger partial charge in [-0.25, -0.2) is 0 Å². The number of nitrogens with zero attached hydrogens (tertiary/aromatic N) is 2. The van der Waals surface area contributed by atoms with E-state index < -0.39 is 0 Å². The number of nitrogens with two attached hydrogens (primary N) is 1. The number of hydrogen-bond donors (Lipinski definition) is 1. The largest absolute Gasteiger partial charge is 0.367 e. The minimum atomic E-state index is 0.361. The summed E-state index contributed by atoms with van der Waals surface area (Å²) in [7, 11) is 0. The highest BCUT2D eigenvalue weighted by atomic mass is 16.5. The molecule has 0 aliphatic heterocycles. The van der Waals surface area contributed by atoms with E-state index in [9.17, 15) is 0 Å². The van der Waals surface area contributed by atoms with Gasteiger partial charge in [0.25, 0.3) is 0 Å². The van der Waals surface area contributed by atoms with Gasteiger partial charge in [0.2, 0.25) is 5.88 Å². The summed E-state index contributed by atoms with van der Waals surface area (Å²) in [5, 5.41) is 4.10. The fourth-order valence-electron chi connectivity index (χ4n) is 2.35. The highest BCUT2D eigenvalue weighted by Gasteiger charge is 2.15. The van der Waals surface area contributed by atoms with E-state index in [-0.39, 0.29) is 0 Å². The van der Waals surface area contributed by atoms with Crippen molar-refractivity contribution in [1.29, 1.82) is 0 Å². The van der Waals surface area contributed by atoms with Crippen molar-refractivity contribution >= 4 is 5.88 Å². The van der Waals surface area contributed by atoms with Crippen molar-refractivity contribution in [2.24, 2.45) is 0 Å². The van der Waals surface area contributed by atoms with Crippen LogP contribution in [0.5, 0.6) is 0 Å². The lowest BCUT2D eigenvalue weighted by Crippen LogP contribution is -1.95. The van der Waals surface area contributed by atoms with Crippen LogP contribution in [0.4, 0.5) is 5.88 Å². The quantitative estimate of drug-likeness (QED) is 0.794. The van der Waals surface area contributed by atoms with Crippen LogP contribution in [0.25, 0.3) is 11.1 Å². The van der Waals surface area contributed by atoms with E-state index in [4.69, 9.17) is 10.3 Å². The lowest BCUT2D eigenvalue weighted by atomic mass is 10.0. The number of rotatable bonds is 4. The first-order valence-electron chi connectivity index (χ1n) is 6.94. The number of hydrogen-bond acceptors (Lipinski definition) is 4. The Hall–Kier alpha value is -2.62. The molecule has 0 bridgehead atoms. The fraction of sp³-hybridized carbons (Fsp3) is 0.176. The van der Waals surface area contributed by atoms with Gasteiger partial charge in [0.1, 0.15) is 0 Å². The van der Waals surface area contributed by atoms with E-state index in [0.717, 1.165) is 29.7 Å². The van der Waals surface area contributed by atoms with Crippen molar-refractivity contribution in [2.75, 3.05) is 5.73 Å². The third-order valence-corrected chi connectivity index (χ3v) is 3.53. The molecule has 2 heterocycles. The third-order valence-electron chi connectivity index (χ3n) is 3.53. The Balaban J connectivity index is 1.82. The second-order valence-corrected chi connectivity index (χ2v) is 5.09. The van der Waals surface area contributed by atoms with Crippen molar-refractivity contribution in [3.63, 3.8) is 0 Å². The topological polar surface area (TPSA) is 64.9 Å². The smallest absolute Gasteiger partial charge is 0.230 e. The molecule has 106 valence electrons. The van der Waals surface area contributed by atoms with Crippen LogP contribution in [0.3, 0.4) is 0 Å². The maximum Gasteiger partial charge on any atom is 0.230 e. The maximum atomic E-state index is 5.91. The minimum Gasteiger partial charge on any atom is -0.367 e. The van der Waals surface area contributed by atoms with Crippen molar-refractivity contribution in [3.8, 4) is 11.1 Å². The van der Waals surface area contributed by atoms with Gasteiger partial charge in [-0.3, -0.25) is 4.98 Å². The molecule has 0 unspecified atom stereocenters. The summed E-state index contributed by atoms with van der Waals surface area (Å²) >= 11 is 0. The van der Waals surface area contributed by atoms with E-state index in [2.05, 4.69) is 41.3 Å². The number of benzene rings is 1. The monoisotopic (exact) mass is 279 g/mol. The zero-order valence-electron chi connectivity index (χ0n) is 11.9. The van der Waals surface area contributed by atoms with E-state index >= 15 is 0 Å². The molecular formula is C17H17N3O. The first kappa shape index (κ1) is 13.4. The summed E-state index contributed by atoms with van der Waals surface area (Å²) in [6.45, 7) is 2.09. The molecule has 2 N–H and O–H groups in total. The second kappa shape index (κ2) is 5.79. The van der Waals surface area contributed by atoms with Crippen LogP contribution in [0.2, 0.25) is 0 Å². The first-order chi connectivity index (χ1) is 10.2. The predicted molar refractivity (Wildman–Crippen MR) is 82.7 cm³/mol. The minimum absolute atomic E-state index is 0.361. The highest BCUT2D eigenvalue weighted by Crippen LogP contribution is 2.29. The van der Waals surface area contributed by atoms with Gasteiger partial charge in [0.05, 0.1) is 11.3 Å². The Morgan fingerprint density at radius 3 is 2.43 bits per heavy atom. The van der Waals surface area contributed by atoms with Gasteiger partial charge in [-0.1, -0.05) is 35.0 Å². The highest BCUT2D eigenvalue weighted by molar-refractivity contribution is 5.74. The lowest BCUT2D eigenvalue weighted by Gasteiger charge is -2.03. The summed E-state index contributed by atoms with van der Waals surface area (Å²) in [6, 6.07) is 12.4. The summed E-state index contributed by atoms with van der Waals surface area (Å²) in [5.74, 6) is 0.361. The Labute approximate surface area is 123 Å². The number of pyridine rings is 1. The molecule has 4 nitrogen and oxygen atoms in total. The fourth-order valence-corrected chi connectivity index (χ4v) is 2.35. The molecule has 0 spiro atoms. The molecule has 3 rings (SSSR count). The van der Waals surface area contributed by atoms with Gasteiger partial charge in [-0.05, 0) is 43.0 Å². The van der Waals surface area contributed by atoms with Crippen LogP contribution in [-0.2, 0) is 12.8 Å². The van der Waals surface area contributed by atoms with E-state index in [1.54, 1.807) is 12.4 Å². The molecule has 0 aliphatic rings. The molecule has 0 saturated heterocycles. The van der Waals surface area contributed by atoms with Crippen molar-refractivity contribution in [1.82, 2.24) is 10.1 Å². The van der Waals surface area contributed by atoms with Crippen molar-refractivity contribution in [3.05, 3.63) is 65.6 Å². The van der Waals surface area contributed by atoms with E-state index in [0.29, 0.717) is 5.88 Å². The van der Waals surface area contributed by atoms with E-state index in [1.165, 1.54) is 11.1 Å². The molecular weight excluding hydrogens is 262 g/mol. The number of anilines is 1. The Morgan fingerprint density at radius 1 is 1.00 bits per heavy atom. The third kappa shape index (κ3) is 2.94. The number of aryl methyl sites for hydroxylation is 3. The van der Waals surface area contributed by atoms with Gasteiger partial charge < -0.3 is 10.3 Å². The lowest BCUT2D eigenvalue weighted by molar-refractivity contribution is 0.427. The zero-order valence-corrected chi connectivity index (χ0v) is 11.9. The molecule has 3 aromatic rings. The van der Waals surface area contributed by atoms with Crippen LogP contribution in [0, 0.1) is 6.92 Å². The molecule has 0 saturated carbocycles. The summed E-state index contributed by atoms with van der Waals surface area (Å²) in [5.41, 5.74) is 11.2. The standard InChI is InChI=1S/C17H17N3O/c1-12-2-4-13(5-3-12)6-7-15-16(17(18)21-20-15)14-8-10-19-11-9-14/h2-5,8-11H,6-7,18H2,1H3. The molecule has 4 heteroatoms. The average molecular weight is 279 g/mol. The Kier molecular flexibility index (Phi) is 3.69. The first-order valence-corrected chi connectivity index (χ1v) is 6.94. The summed E-state index contributed by atoms with van der Waals surface area (Å²) in [4.78, 5) is 4.02. The molecule has 21 heavy (non-hydrogen) atoms. The number of nitrogen functional groups attached to an aromatic ring is 1. The SMILES string of the molecule is Cc1ccc(CCc2noc(N)c2-c2ccncc2)cc1. The van der Waals surface area contributed by atoms with Gasteiger partial charge in [-0.15, -0.1) is 0 Å². The van der Waals surface area contributed by atoms with Gasteiger partial charge >= 0.3 is 0 Å². The van der Waals surface area contributed by atoms with Gasteiger partial charge in [0, 0.05) is 12.4 Å². The normalized spacial score (nSPS) is 10.7. The summed E-state index contributed by atoms with van der Waals surface area (Å²) in [6.07, 6.45) is 5.18. The van der Waals surface area contributed by atoms with Crippen LogP contribution in [0.15, 0.2) is 53.3 Å². The van der Waals surface area contributed by atoms with Crippen molar-refractivity contribution < 1.29 is 4.52 Å². The van der Waals surface area contributed by atoms with Crippen LogP contribution >= 0.6 is 0 Å². The Morgan fingerprint density at radius 2 is 1.71 bits per heavy atom.